The first-order chi connectivity index (χ1) is 16.3. The van der Waals surface area contributed by atoms with E-state index in [1.807, 2.05) is 6.92 Å². The van der Waals surface area contributed by atoms with Gasteiger partial charge in [0, 0.05) is 21.2 Å². The fourth-order valence-electron chi connectivity index (χ4n) is 2.89. The summed E-state index contributed by atoms with van der Waals surface area (Å²) in [5.41, 5.74) is 4.11. The van der Waals surface area contributed by atoms with E-state index in [1.165, 1.54) is 13.3 Å². The minimum Gasteiger partial charge on any atom is -0.493 e. The summed E-state index contributed by atoms with van der Waals surface area (Å²) >= 11 is 24.8. The standard InChI is InChI=1S/C24H20Cl4N2O4/c1-3-33-21-7-5-15(10-22(21)32-2)24(31)30-29-12-14-8-19(27)23(20(28)9-14)34-13-16-4-6-17(25)11-18(16)26/h4-12H,3,13H2,1-2H3,(H,30,31)/b29-12+. The van der Waals surface area contributed by atoms with Gasteiger partial charge in [0.15, 0.2) is 17.2 Å². The normalized spacial score (nSPS) is 10.9. The van der Waals surface area contributed by atoms with Gasteiger partial charge in [0.2, 0.25) is 0 Å². The number of ether oxygens (including phenoxy) is 3. The maximum Gasteiger partial charge on any atom is 0.271 e. The lowest BCUT2D eigenvalue weighted by molar-refractivity contribution is 0.0954. The highest BCUT2D eigenvalue weighted by molar-refractivity contribution is 6.37. The second-order valence-electron chi connectivity index (χ2n) is 6.84. The molecule has 0 saturated carbocycles. The Labute approximate surface area is 217 Å². The molecule has 0 fully saturated rings. The highest BCUT2D eigenvalue weighted by atomic mass is 35.5. The van der Waals surface area contributed by atoms with Crippen LogP contribution >= 0.6 is 46.4 Å². The number of hydrazone groups is 1. The van der Waals surface area contributed by atoms with Gasteiger partial charge in [-0.25, -0.2) is 5.43 Å². The van der Waals surface area contributed by atoms with Gasteiger partial charge in [-0.2, -0.15) is 5.10 Å². The molecular formula is C24H20Cl4N2O4. The smallest absolute Gasteiger partial charge is 0.271 e. The molecule has 1 N–H and O–H groups in total. The zero-order valence-electron chi connectivity index (χ0n) is 18.2. The number of amides is 1. The van der Waals surface area contributed by atoms with Crippen LogP contribution in [0.3, 0.4) is 0 Å². The number of methoxy groups -OCH3 is 1. The van der Waals surface area contributed by atoms with E-state index in [0.29, 0.717) is 45.0 Å². The van der Waals surface area contributed by atoms with Crippen molar-refractivity contribution in [1.82, 2.24) is 5.43 Å². The number of carbonyl (C=O) groups excluding carboxylic acids is 1. The maximum atomic E-state index is 12.4. The van der Waals surface area contributed by atoms with Gasteiger partial charge in [0.25, 0.3) is 5.91 Å². The summed E-state index contributed by atoms with van der Waals surface area (Å²) in [6.45, 7) is 2.50. The molecule has 0 unspecified atom stereocenters. The van der Waals surface area contributed by atoms with Crippen LogP contribution in [0.25, 0.3) is 0 Å². The molecule has 6 nitrogen and oxygen atoms in total. The SMILES string of the molecule is CCOc1ccc(C(=O)N/N=C/c2cc(Cl)c(OCc3ccc(Cl)cc3Cl)c(Cl)c2)cc1OC. The summed E-state index contributed by atoms with van der Waals surface area (Å²) in [5, 5.41) is 5.54. The van der Waals surface area contributed by atoms with Crippen molar-refractivity contribution < 1.29 is 19.0 Å². The number of hydrogen-bond acceptors (Lipinski definition) is 5. The molecule has 0 bridgehead atoms. The Kier molecular flexibility index (Phi) is 9.30. The molecule has 3 rings (SSSR count). The van der Waals surface area contributed by atoms with Crippen molar-refractivity contribution >= 4 is 58.5 Å². The Bertz CT molecular complexity index is 1190. The summed E-state index contributed by atoms with van der Waals surface area (Å²) in [4.78, 5) is 12.4. The zero-order valence-corrected chi connectivity index (χ0v) is 21.2. The van der Waals surface area contributed by atoms with Crippen molar-refractivity contribution in [2.45, 2.75) is 13.5 Å². The van der Waals surface area contributed by atoms with Crippen LogP contribution in [0, 0.1) is 0 Å². The van der Waals surface area contributed by atoms with Crippen LogP contribution in [0.5, 0.6) is 17.2 Å². The van der Waals surface area contributed by atoms with E-state index in [-0.39, 0.29) is 16.7 Å². The molecule has 0 saturated heterocycles. The fourth-order valence-corrected chi connectivity index (χ4v) is 3.97. The second-order valence-corrected chi connectivity index (χ2v) is 8.49. The number of halogens is 4. The second kappa shape index (κ2) is 12.2. The number of carbonyl (C=O) groups is 1. The number of nitrogens with one attached hydrogen (secondary N) is 1. The molecule has 0 aromatic heterocycles. The van der Waals surface area contributed by atoms with Crippen LogP contribution in [-0.2, 0) is 6.61 Å². The summed E-state index contributed by atoms with van der Waals surface area (Å²) in [5.74, 6) is 0.883. The number of hydrogen-bond donors (Lipinski definition) is 1. The van der Waals surface area contributed by atoms with E-state index < -0.39 is 5.91 Å². The van der Waals surface area contributed by atoms with Crippen LogP contribution in [0.4, 0.5) is 0 Å². The summed E-state index contributed by atoms with van der Waals surface area (Å²) in [6.07, 6.45) is 1.42. The van der Waals surface area contributed by atoms with E-state index in [1.54, 1.807) is 48.5 Å². The van der Waals surface area contributed by atoms with E-state index in [2.05, 4.69) is 10.5 Å². The van der Waals surface area contributed by atoms with Crippen LogP contribution < -0.4 is 19.6 Å². The van der Waals surface area contributed by atoms with Crippen molar-refractivity contribution in [3.8, 4) is 17.2 Å². The van der Waals surface area contributed by atoms with Gasteiger partial charge in [-0.05, 0) is 55.0 Å². The lowest BCUT2D eigenvalue weighted by Crippen LogP contribution is -2.17. The lowest BCUT2D eigenvalue weighted by atomic mass is 10.2. The Morgan fingerprint density at radius 1 is 0.941 bits per heavy atom. The molecule has 10 heteroatoms. The fraction of sp³-hybridized carbons (Fsp3) is 0.167. The molecule has 1 amide bonds. The third-order valence-electron chi connectivity index (χ3n) is 4.51. The highest BCUT2D eigenvalue weighted by Gasteiger charge is 2.12. The summed E-state index contributed by atoms with van der Waals surface area (Å²) in [6, 6.07) is 13.2. The molecule has 0 heterocycles. The molecule has 0 aliphatic carbocycles. The lowest BCUT2D eigenvalue weighted by Gasteiger charge is -2.12. The van der Waals surface area contributed by atoms with Gasteiger partial charge >= 0.3 is 0 Å². The molecule has 0 atom stereocenters. The van der Waals surface area contributed by atoms with Gasteiger partial charge < -0.3 is 14.2 Å². The monoisotopic (exact) mass is 540 g/mol. The summed E-state index contributed by atoms with van der Waals surface area (Å²) in [7, 11) is 1.50. The van der Waals surface area contributed by atoms with Crippen LogP contribution in [0.2, 0.25) is 20.1 Å². The Morgan fingerprint density at radius 3 is 2.32 bits per heavy atom. The Balaban J connectivity index is 1.65. The molecule has 0 spiro atoms. The van der Waals surface area contributed by atoms with Crippen molar-refractivity contribution in [1.29, 1.82) is 0 Å². The minimum atomic E-state index is -0.422. The van der Waals surface area contributed by atoms with Crippen molar-refractivity contribution in [3.63, 3.8) is 0 Å². The molecular weight excluding hydrogens is 522 g/mol. The van der Waals surface area contributed by atoms with E-state index in [4.69, 9.17) is 60.6 Å². The van der Waals surface area contributed by atoms with Gasteiger partial charge in [-0.15, -0.1) is 0 Å². The van der Waals surface area contributed by atoms with Crippen molar-refractivity contribution in [3.05, 3.63) is 85.3 Å². The quantitative estimate of drug-likeness (QED) is 0.233. The number of benzene rings is 3. The Morgan fingerprint density at radius 2 is 1.68 bits per heavy atom. The third kappa shape index (κ3) is 6.70. The van der Waals surface area contributed by atoms with Crippen molar-refractivity contribution in [2.24, 2.45) is 5.10 Å². The highest BCUT2D eigenvalue weighted by Crippen LogP contribution is 2.35. The zero-order chi connectivity index (χ0) is 24.7. The van der Waals surface area contributed by atoms with E-state index in [9.17, 15) is 4.79 Å². The first kappa shape index (κ1) is 26.0. The van der Waals surface area contributed by atoms with E-state index >= 15 is 0 Å². The van der Waals surface area contributed by atoms with Crippen molar-refractivity contribution in [2.75, 3.05) is 13.7 Å². The average Bonchev–Trinajstić information content (AvgIpc) is 2.80. The number of rotatable bonds is 9. The molecule has 0 radical (unpaired) electrons. The maximum absolute atomic E-state index is 12.4. The predicted molar refractivity (Wildman–Crippen MR) is 136 cm³/mol. The van der Waals surface area contributed by atoms with Crippen LogP contribution in [0.15, 0.2) is 53.6 Å². The molecule has 0 aliphatic heterocycles. The average molecular weight is 542 g/mol. The van der Waals surface area contributed by atoms with Gasteiger partial charge in [-0.1, -0.05) is 52.5 Å². The molecule has 3 aromatic carbocycles. The third-order valence-corrected chi connectivity index (χ3v) is 5.66. The minimum absolute atomic E-state index is 0.157. The largest absolute Gasteiger partial charge is 0.493 e. The molecule has 3 aromatic rings. The topological polar surface area (TPSA) is 69.2 Å². The van der Waals surface area contributed by atoms with Gasteiger partial charge in [-0.3, -0.25) is 4.79 Å². The van der Waals surface area contributed by atoms with Gasteiger partial charge in [0.05, 0.1) is 30.0 Å². The Hall–Kier alpha value is -2.64. The summed E-state index contributed by atoms with van der Waals surface area (Å²) < 4.78 is 16.5. The molecule has 178 valence electrons. The van der Waals surface area contributed by atoms with E-state index in [0.717, 1.165) is 5.56 Å². The molecule has 0 aliphatic rings. The predicted octanol–water partition coefficient (Wildman–Crippen LogP) is 7.05. The van der Waals surface area contributed by atoms with Gasteiger partial charge in [0.1, 0.15) is 6.61 Å². The van der Waals surface area contributed by atoms with Crippen LogP contribution in [0.1, 0.15) is 28.4 Å². The molecule has 34 heavy (non-hydrogen) atoms. The van der Waals surface area contributed by atoms with Crippen LogP contribution in [-0.4, -0.2) is 25.8 Å². The first-order valence-electron chi connectivity index (χ1n) is 10.0. The first-order valence-corrected chi connectivity index (χ1v) is 11.5. The number of nitrogens with zero attached hydrogens (tertiary/aromatic N) is 1.